The molecule has 5 nitrogen and oxygen atoms in total. The molecule has 0 fully saturated rings. The lowest BCUT2D eigenvalue weighted by molar-refractivity contribution is 0.418. The minimum Gasteiger partial charge on any atom is -0.494 e. The molecule has 0 N–H and O–H groups in total. The maximum absolute atomic E-state index is 14.5. The van der Waals surface area contributed by atoms with Crippen molar-refractivity contribution in [3.8, 4) is 17.1 Å². The van der Waals surface area contributed by atoms with E-state index in [4.69, 9.17) is 16.3 Å². The van der Waals surface area contributed by atoms with Crippen molar-refractivity contribution in [2.75, 3.05) is 7.11 Å². The highest BCUT2D eigenvalue weighted by Crippen LogP contribution is 2.34. The average Bonchev–Trinajstić information content (AvgIpc) is 3.01. The molecular weight excluding hydrogens is 343 g/mol. The van der Waals surface area contributed by atoms with Gasteiger partial charge in [0, 0.05) is 0 Å². The van der Waals surface area contributed by atoms with Gasteiger partial charge in [-0.1, -0.05) is 17.7 Å². The molecule has 0 aliphatic heterocycles. The molecule has 0 bridgehead atoms. The van der Waals surface area contributed by atoms with Crippen LogP contribution in [0.3, 0.4) is 0 Å². The van der Waals surface area contributed by atoms with Crippen molar-refractivity contribution in [1.82, 2.24) is 19.6 Å². The quantitative estimate of drug-likeness (QED) is 0.535. The smallest absolute Gasteiger partial charge is 0.183 e. The minimum absolute atomic E-state index is 0.212. The first-order valence-electron chi connectivity index (χ1n) is 7.65. The van der Waals surface area contributed by atoms with E-state index >= 15 is 0 Å². The fourth-order valence-electron chi connectivity index (χ4n) is 3.00. The van der Waals surface area contributed by atoms with Crippen molar-refractivity contribution in [3.63, 3.8) is 0 Å². The number of fused-ring (bicyclic) bond motifs is 3. The molecule has 0 spiro atoms. The number of rotatable bonds is 2. The number of hydrogen-bond acceptors (Lipinski definition) is 4. The molecule has 0 atom stereocenters. The second kappa shape index (κ2) is 5.67. The zero-order chi connectivity index (χ0) is 17.7. The summed E-state index contributed by atoms with van der Waals surface area (Å²) in [6.07, 6.45) is 0. The number of aryl methyl sites for hydroxylation is 2. The van der Waals surface area contributed by atoms with Gasteiger partial charge < -0.3 is 4.74 Å². The van der Waals surface area contributed by atoms with E-state index in [9.17, 15) is 4.39 Å². The Morgan fingerprint density at radius 2 is 1.96 bits per heavy atom. The van der Waals surface area contributed by atoms with Crippen molar-refractivity contribution < 1.29 is 9.13 Å². The lowest BCUT2D eigenvalue weighted by Crippen LogP contribution is -2.01. The van der Waals surface area contributed by atoms with Crippen LogP contribution < -0.4 is 4.74 Å². The number of benzene rings is 2. The summed E-state index contributed by atoms with van der Waals surface area (Å²) >= 11 is 6.24. The van der Waals surface area contributed by atoms with Gasteiger partial charge in [0.2, 0.25) is 0 Å². The first kappa shape index (κ1) is 15.8. The Hall–Kier alpha value is -2.73. The number of nitrogens with zero attached hydrogens (tertiary/aromatic N) is 4. The zero-order valence-corrected chi connectivity index (χ0v) is 14.6. The summed E-state index contributed by atoms with van der Waals surface area (Å²) in [7, 11) is 1.59. The standard InChI is InChI=1S/C18H14ClFN4O/c1-9-7-13-16(14(8-9)25-3)21-10(2)17-22-23-18(24(13)17)15-11(19)5-4-6-12(15)20/h4-8H,1-3H3. The van der Waals surface area contributed by atoms with Crippen LogP contribution in [-0.4, -0.2) is 26.7 Å². The highest BCUT2D eigenvalue weighted by atomic mass is 35.5. The molecule has 2 aromatic heterocycles. The van der Waals surface area contributed by atoms with Gasteiger partial charge in [-0.3, -0.25) is 4.40 Å². The number of hydrogen-bond donors (Lipinski definition) is 0. The van der Waals surface area contributed by atoms with Crippen LogP contribution in [0.15, 0.2) is 30.3 Å². The van der Waals surface area contributed by atoms with Crippen LogP contribution in [0.4, 0.5) is 4.39 Å². The van der Waals surface area contributed by atoms with E-state index in [0.29, 0.717) is 28.4 Å². The normalized spacial score (nSPS) is 11.4. The van der Waals surface area contributed by atoms with E-state index in [1.54, 1.807) is 23.6 Å². The van der Waals surface area contributed by atoms with Crippen molar-refractivity contribution in [2.24, 2.45) is 0 Å². The summed E-state index contributed by atoms with van der Waals surface area (Å²) in [5.74, 6) is 0.518. The molecule has 2 aromatic carbocycles. The van der Waals surface area contributed by atoms with Gasteiger partial charge in [-0.05, 0) is 43.7 Å². The zero-order valence-electron chi connectivity index (χ0n) is 13.8. The predicted molar refractivity (Wildman–Crippen MR) is 94.7 cm³/mol. The SMILES string of the molecule is COc1cc(C)cc2c1nc(C)c1nnc(-c3c(F)cccc3Cl)n12. The minimum atomic E-state index is -0.455. The van der Waals surface area contributed by atoms with Crippen LogP contribution in [-0.2, 0) is 0 Å². The Balaban J connectivity index is 2.22. The predicted octanol–water partition coefficient (Wildman–Crippen LogP) is 4.36. The molecule has 0 saturated carbocycles. The molecule has 4 aromatic rings. The van der Waals surface area contributed by atoms with Crippen LogP contribution in [0, 0.1) is 19.7 Å². The van der Waals surface area contributed by atoms with E-state index in [0.717, 1.165) is 11.1 Å². The van der Waals surface area contributed by atoms with Gasteiger partial charge in [0.15, 0.2) is 11.5 Å². The van der Waals surface area contributed by atoms with Crippen LogP contribution in [0.25, 0.3) is 28.1 Å². The maximum atomic E-state index is 14.5. The number of halogens is 2. The Kier molecular flexibility index (Phi) is 3.58. The van der Waals surface area contributed by atoms with Gasteiger partial charge in [-0.15, -0.1) is 10.2 Å². The number of aromatic nitrogens is 4. The first-order chi connectivity index (χ1) is 12.0. The molecule has 0 aliphatic rings. The van der Waals surface area contributed by atoms with Crippen LogP contribution in [0.2, 0.25) is 5.02 Å². The molecule has 0 amide bonds. The summed E-state index contributed by atoms with van der Waals surface area (Å²) in [5, 5.41) is 8.66. The molecule has 0 aliphatic carbocycles. The summed E-state index contributed by atoms with van der Waals surface area (Å²) < 4.78 is 21.7. The lowest BCUT2D eigenvalue weighted by atomic mass is 10.1. The Labute approximate surface area is 148 Å². The second-order valence-corrected chi connectivity index (χ2v) is 6.22. The molecule has 0 saturated heterocycles. The number of methoxy groups -OCH3 is 1. The van der Waals surface area contributed by atoms with Gasteiger partial charge in [0.1, 0.15) is 17.1 Å². The third kappa shape index (κ3) is 2.33. The van der Waals surface area contributed by atoms with E-state index in [-0.39, 0.29) is 10.6 Å². The summed E-state index contributed by atoms with van der Waals surface area (Å²) in [4.78, 5) is 4.59. The molecule has 126 valence electrons. The van der Waals surface area contributed by atoms with Crippen molar-refractivity contribution in [3.05, 3.63) is 52.4 Å². The fraction of sp³-hybridized carbons (Fsp3) is 0.167. The summed E-state index contributed by atoms with van der Waals surface area (Å²) in [6.45, 7) is 3.78. The van der Waals surface area contributed by atoms with Gasteiger partial charge in [-0.25, -0.2) is 9.37 Å². The van der Waals surface area contributed by atoms with Crippen LogP contribution >= 0.6 is 11.6 Å². The third-order valence-electron chi connectivity index (χ3n) is 4.11. The molecule has 0 unspecified atom stereocenters. The second-order valence-electron chi connectivity index (χ2n) is 5.81. The largest absolute Gasteiger partial charge is 0.494 e. The van der Waals surface area contributed by atoms with Gasteiger partial charge >= 0.3 is 0 Å². The monoisotopic (exact) mass is 356 g/mol. The first-order valence-corrected chi connectivity index (χ1v) is 8.03. The topological polar surface area (TPSA) is 52.3 Å². The average molecular weight is 357 g/mol. The summed E-state index contributed by atoms with van der Waals surface area (Å²) in [6, 6.07) is 8.38. The van der Waals surface area contributed by atoms with Gasteiger partial charge in [0.25, 0.3) is 0 Å². The number of ether oxygens (including phenoxy) is 1. The van der Waals surface area contributed by atoms with E-state index in [1.165, 1.54) is 6.07 Å². The molecule has 7 heteroatoms. The van der Waals surface area contributed by atoms with Crippen molar-refractivity contribution in [2.45, 2.75) is 13.8 Å². The van der Waals surface area contributed by atoms with Crippen LogP contribution in [0.1, 0.15) is 11.3 Å². The molecule has 2 heterocycles. The highest BCUT2D eigenvalue weighted by Gasteiger charge is 2.20. The van der Waals surface area contributed by atoms with Crippen molar-refractivity contribution in [1.29, 1.82) is 0 Å². The van der Waals surface area contributed by atoms with E-state index < -0.39 is 5.82 Å². The molecule has 0 radical (unpaired) electrons. The van der Waals surface area contributed by atoms with Gasteiger partial charge in [-0.2, -0.15) is 0 Å². The van der Waals surface area contributed by atoms with Gasteiger partial charge in [0.05, 0.1) is 28.9 Å². The molecule has 25 heavy (non-hydrogen) atoms. The van der Waals surface area contributed by atoms with Crippen molar-refractivity contribution >= 4 is 28.3 Å². The highest BCUT2D eigenvalue weighted by molar-refractivity contribution is 6.33. The van der Waals surface area contributed by atoms with E-state index in [1.807, 2.05) is 26.0 Å². The Morgan fingerprint density at radius 1 is 1.16 bits per heavy atom. The Bertz CT molecular complexity index is 1120. The Morgan fingerprint density at radius 3 is 2.68 bits per heavy atom. The molecule has 4 rings (SSSR count). The van der Waals surface area contributed by atoms with Crippen LogP contribution in [0.5, 0.6) is 5.75 Å². The summed E-state index contributed by atoms with van der Waals surface area (Å²) in [5.41, 5.74) is 3.80. The maximum Gasteiger partial charge on any atom is 0.183 e. The fourth-order valence-corrected chi connectivity index (χ4v) is 3.25. The third-order valence-corrected chi connectivity index (χ3v) is 4.43. The van der Waals surface area contributed by atoms with E-state index in [2.05, 4.69) is 15.2 Å². The molecular formula is C18H14ClFN4O. The lowest BCUT2D eigenvalue weighted by Gasteiger charge is -2.11.